The zero-order valence-electron chi connectivity index (χ0n) is 24.8. The van der Waals surface area contributed by atoms with E-state index in [0.717, 1.165) is 56.6 Å². The van der Waals surface area contributed by atoms with Gasteiger partial charge in [0.1, 0.15) is 0 Å². The molecule has 2 aliphatic heterocycles. The van der Waals surface area contributed by atoms with Crippen molar-refractivity contribution in [3.05, 3.63) is 83.6 Å². The Kier molecular flexibility index (Phi) is 10.5. The number of halogens is 1. The number of carbonyl (C=O) groups excluding carboxylic acids is 1. The van der Waals surface area contributed by atoms with Crippen LogP contribution < -0.4 is 10.6 Å². The van der Waals surface area contributed by atoms with Crippen molar-refractivity contribution in [1.29, 1.82) is 0 Å². The molecule has 0 radical (unpaired) electrons. The first kappa shape index (κ1) is 30.3. The number of hydrogen-bond acceptors (Lipinski definition) is 6. The number of hydrogen-bond donors (Lipinski definition) is 2. The smallest absolute Gasteiger partial charge is 0.257 e. The Hall–Kier alpha value is -3.69. The molecule has 2 aromatic rings. The lowest BCUT2D eigenvalue weighted by atomic mass is 10.1. The minimum atomic E-state index is -0.401. The van der Waals surface area contributed by atoms with Crippen LogP contribution in [0.3, 0.4) is 0 Å². The summed E-state index contributed by atoms with van der Waals surface area (Å²) in [4.78, 5) is 23.2. The van der Waals surface area contributed by atoms with Gasteiger partial charge in [0.25, 0.3) is 5.91 Å². The van der Waals surface area contributed by atoms with Crippen molar-refractivity contribution >= 4 is 22.9 Å². The second kappa shape index (κ2) is 14.3. The van der Waals surface area contributed by atoms with Gasteiger partial charge in [0.05, 0.1) is 23.5 Å². The van der Waals surface area contributed by atoms with Gasteiger partial charge in [-0.1, -0.05) is 25.6 Å². The first-order valence-electron chi connectivity index (χ1n) is 14.4. The molecular formula is C32H43FN6O2. The van der Waals surface area contributed by atoms with Crippen LogP contribution >= 0.6 is 0 Å². The molecule has 0 spiro atoms. The summed E-state index contributed by atoms with van der Waals surface area (Å²) in [5.41, 5.74) is 4.01. The number of benzene rings is 1. The highest BCUT2D eigenvalue weighted by Crippen LogP contribution is 2.26. The lowest BCUT2D eigenvalue weighted by Gasteiger charge is -2.32. The zero-order valence-corrected chi connectivity index (χ0v) is 24.8. The quantitative estimate of drug-likeness (QED) is 0.492. The highest BCUT2D eigenvalue weighted by Gasteiger charge is 2.19. The molecule has 1 aromatic carbocycles. The highest BCUT2D eigenvalue weighted by atomic mass is 19.1. The van der Waals surface area contributed by atoms with E-state index in [-0.39, 0.29) is 11.5 Å². The maximum Gasteiger partial charge on any atom is 0.257 e. The van der Waals surface area contributed by atoms with E-state index >= 15 is 0 Å². The molecule has 220 valence electrons. The topological polar surface area (TPSA) is 74.7 Å². The van der Waals surface area contributed by atoms with Crippen molar-refractivity contribution in [1.82, 2.24) is 24.7 Å². The SMILES string of the molecule is C=CC1=C(NC)OCCCC(C)Cn2c(nc3ccc(CN4CCN(C)CC4)cc32)NC(=O)/C(=C/C=C(\C)F)C=C1. The molecule has 4 rings (SSSR count). The first-order valence-corrected chi connectivity index (χ1v) is 14.4. The van der Waals surface area contributed by atoms with Crippen molar-refractivity contribution < 1.29 is 13.9 Å². The number of fused-ring (bicyclic) bond motifs is 3. The van der Waals surface area contributed by atoms with Gasteiger partial charge >= 0.3 is 0 Å². The number of nitrogens with zero attached hydrogens (tertiary/aromatic N) is 4. The summed E-state index contributed by atoms with van der Waals surface area (Å²) in [6.07, 6.45) is 9.58. The van der Waals surface area contributed by atoms with Crippen LogP contribution in [0.1, 0.15) is 32.3 Å². The number of ether oxygens (including phenoxy) is 1. The van der Waals surface area contributed by atoms with Gasteiger partial charge in [-0.3, -0.25) is 15.0 Å². The summed E-state index contributed by atoms with van der Waals surface area (Å²) >= 11 is 0. The summed E-state index contributed by atoms with van der Waals surface area (Å²) in [6, 6.07) is 6.36. The average Bonchev–Trinajstić information content (AvgIpc) is 3.27. The van der Waals surface area contributed by atoms with Crippen molar-refractivity contribution in [2.45, 2.75) is 39.8 Å². The number of piperazine rings is 1. The molecular weight excluding hydrogens is 519 g/mol. The number of carbonyl (C=O) groups is 1. The predicted molar refractivity (Wildman–Crippen MR) is 164 cm³/mol. The normalized spacial score (nSPS) is 21.7. The van der Waals surface area contributed by atoms with Crippen molar-refractivity contribution in [3.8, 4) is 0 Å². The Bertz CT molecular complexity index is 1360. The number of anilines is 1. The Morgan fingerprint density at radius 1 is 1.27 bits per heavy atom. The molecule has 2 N–H and O–H groups in total. The van der Waals surface area contributed by atoms with Crippen LogP contribution in [-0.4, -0.2) is 72.1 Å². The van der Waals surface area contributed by atoms with E-state index in [0.29, 0.717) is 36.5 Å². The minimum absolute atomic E-state index is 0.272. The summed E-state index contributed by atoms with van der Waals surface area (Å²) in [7, 11) is 3.94. The van der Waals surface area contributed by atoms with Crippen LogP contribution in [0.15, 0.2) is 78.0 Å². The summed E-state index contributed by atoms with van der Waals surface area (Å²) < 4.78 is 21.8. The van der Waals surface area contributed by atoms with Gasteiger partial charge in [-0.25, -0.2) is 9.37 Å². The van der Waals surface area contributed by atoms with E-state index in [1.807, 2.05) is 6.07 Å². The molecule has 0 saturated carbocycles. The van der Waals surface area contributed by atoms with Crippen LogP contribution in [-0.2, 0) is 22.6 Å². The Morgan fingerprint density at radius 3 is 2.76 bits per heavy atom. The van der Waals surface area contributed by atoms with Gasteiger partial charge < -0.3 is 19.5 Å². The second-order valence-corrected chi connectivity index (χ2v) is 10.9. The fraction of sp³-hybridized carbons (Fsp3) is 0.438. The summed E-state index contributed by atoms with van der Waals surface area (Å²) in [6.45, 7) is 13.8. The lowest BCUT2D eigenvalue weighted by molar-refractivity contribution is -0.112. The van der Waals surface area contributed by atoms with E-state index in [4.69, 9.17) is 9.72 Å². The zero-order chi connectivity index (χ0) is 29.4. The van der Waals surface area contributed by atoms with E-state index < -0.39 is 5.83 Å². The number of amides is 1. The average molecular weight is 563 g/mol. The van der Waals surface area contributed by atoms with Crippen molar-refractivity contribution in [3.63, 3.8) is 0 Å². The number of likely N-dealkylation sites (N-methyl/N-ethyl adjacent to an activating group) is 1. The second-order valence-electron chi connectivity index (χ2n) is 10.9. The molecule has 3 heterocycles. The molecule has 0 bridgehead atoms. The molecule has 9 heteroatoms. The first-order chi connectivity index (χ1) is 19.8. The molecule has 41 heavy (non-hydrogen) atoms. The molecule has 1 saturated heterocycles. The van der Waals surface area contributed by atoms with Crippen molar-refractivity contribution in [2.24, 2.45) is 5.92 Å². The molecule has 0 aliphatic carbocycles. The maximum absolute atomic E-state index is 13.7. The Labute approximate surface area is 242 Å². The number of imidazole rings is 1. The third-order valence-electron chi connectivity index (χ3n) is 7.53. The fourth-order valence-corrected chi connectivity index (χ4v) is 5.12. The highest BCUT2D eigenvalue weighted by molar-refractivity contribution is 6.06. The van der Waals surface area contributed by atoms with Crippen LogP contribution in [0.4, 0.5) is 10.3 Å². The third-order valence-corrected chi connectivity index (χ3v) is 7.53. The molecule has 1 unspecified atom stereocenters. The van der Waals surface area contributed by atoms with Crippen LogP contribution in [0.25, 0.3) is 11.0 Å². The predicted octanol–water partition coefficient (Wildman–Crippen LogP) is 5.14. The van der Waals surface area contributed by atoms with Gasteiger partial charge in [-0.2, -0.15) is 0 Å². The Morgan fingerprint density at radius 2 is 2.05 bits per heavy atom. The number of nitrogens with one attached hydrogen (secondary N) is 2. The lowest BCUT2D eigenvalue weighted by Crippen LogP contribution is -2.43. The van der Waals surface area contributed by atoms with Crippen molar-refractivity contribution in [2.75, 3.05) is 52.2 Å². The van der Waals surface area contributed by atoms with E-state index in [2.05, 4.69) is 57.7 Å². The number of aromatic nitrogens is 2. The summed E-state index contributed by atoms with van der Waals surface area (Å²) in [5.74, 6) is 0.579. The Balaban J connectivity index is 1.72. The van der Waals surface area contributed by atoms with Gasteiger partial charge in [-0.15, -0.1) is 0 Å². The minimum Gasteiger partial charge on any atom is -0.479 e. The molecule has 1 fully saturated rings. The van der Waals surface area contributed by atoms with Crippen LogP contribution in [0, 0.1) is 5.92 Å². The monoisotopic (exact) mass is 562 g/mol. The van der Waals surface area contributed by atoms with Gasteiger partial charge in [0.2, 0.25) is 5.95 Å². The van der Waals surface area contributed by atoms with E-state index in [1.54, 1.807) is 25.3 Å². The maximum atomic E-state index is 13.7. The molecule has 1 amide bonds. The molecule has 2 aliphatic rings. The third kappa shape index (κ3) is 8.17. The molecule has 1 atom stereocenters. The summed E-state index contributed by atoms with van der Waals surface area (Å²) in [5, 5.41) is 6.09. The van der Waals surface area contributed by atoms with E-state index in [9.17, 15) is 9.18 Å². The van der Waals surface area contributed by atoms with Crippen LogP contribution in [0.2, 0.25) is 0 Å². The standard InChI is InChI=1S/C32H43FN6O2/c1-6-26-12-13-27(11-9-24(3)33)30(40)36-32-35-28-14-10-25(22-38-17-15-37(5)16-18-38)20-29(28)39(32)21-23(2)8-7-19-41-31(26)34-4/h6,9-14,20,23,34H,1,7-8,15-19,21-22H2,2-5H3,(H,35,36,40)/b13-12?,24-9+,27-11+,31-26?. The number of allylic oxidation sites excluding steroid dienone is 6. The van der Waals surface area contributed by atoms with Crippen LogP contribution in [0.5, 0.6) is 0 Å². The molecule has 1 aromatic heterocycles. The van der Waals surface area contributed by atoms with E-state index in [1.165, 1.54) is 24.6 Å². The van der Waals surface area contributed by atoms with Gasteiger partial charge in [0, 0.05) is 57.5 Å². The largest absolute Gasteiger partial charge is 0.479 e. The fourth-order valence-electron chi connectivity index (χ4n) is 5.12. The van der Waals surface area contributed by atoms with Gasteiger partial charge in [0.15, 0.2) is 5.88 Å². The number of rotatable bonds is 5. The van der Waals surface area contributed by atoms with Gasteiger partial charge in [-0.05, 0) is 74.7 Å². The molecule has 8 nitrogen and oxygen atoms in total.